The van der Waals surface area contributed by atoms with Crippen LogP contribution in [-0.2, 0) is 9.59 Å². The summed E-state index contributed by atoms with van der Waals surface area (Å²) in [4.78, 5) is 25.0. The van der Waals surface area contributed by atoms with Gasteiger partial charge in [-0.1, -0.05) is 87.9 Å². The molecule has 32 heavy (non-hydrogen) atoms. The number of rotatable bonds is 18. The normalized spacial score (nSPS) is 11.9. The Morgan fingerprint density at radius 1 is 0.844 bits per heavy atom. The highest BCUT2D eigenvalue weighted by molar-refractivity contribution is 6.35. The van der Waals surface area contributed by atoms with Crippen molar-refractivity contribution in [1.29, 1.82) is 0 Å². The summed E-state index contributed by atoms with van der Waals surface area (Å²) in [5.74, 6) is -0.312. The van der Waals surface area contributed by atoms with Gasteiger partial charge >= 0.3 is 0 Å². The number of carbonyl (C=O) groups is 2. The van der Waals surface area contributed by atoms with Crippen LogP contribution in [0, 0.1) is 0 Å². The van der Waals surface area contributed by atoms with Gasteiger partial charge in [0.2, 0.25) is 0 Å². The first-order valence-electron chi connectivity index (χ1n) is 11.9. The van der Waals surface area contributed by atoms with Gasteiger partial charge in [0.15, 0.2) is 11.6 Å². The maximum absolute atomic E-state index is 12.5. The Labute approximate surface area is 203 Å². The number of aliphatic hydroxyl groups is 1. The predicted octanol–water partition coefficient (Wildman–Crippen LogP) is 8.43. The van der Waals surface area contributed by atoms with Gasteiger partial charge in [-0.3, -0.25) is 9.59 Å². The molecule has 0 aromatic heterocycles. The maximum Gasteiger partial charge on any atom is 0.169 e. The van der Waals surface area contributed by atoms with E-state index in [2.05, 4.69) is 6.92 Å². The van der Waals surface area contributed by atoms with E-state index in [1.165, 1.54) is 51.9 Å². The molecule has 1 aromatic rings. The topological polar surface area (TPSA) is 63.6 Å². The smallest absolute Gasteiger partial charge is 0.169 e. The zero-order valence-corrected chi connectivity index (χ0v) is 21.1. The van der Waals surface area contributed by atoms with Crippen molar-refractivity contribution in [2.45, 2.75) is 97.3 Å². The summed E-state index contributed by atoms with van der Waals surface area (Å²) in [6.45, 7) is 3.90. The number of halogens is 2. The Morgan fingerprint density at radius 3 is 1.91 bits per heavy atom. The molecule has 1 aromatic carbocycles. The van der Waals surface area contributed by atoms with Gasteiger partial charge < -0.3 is 9.84 Å². The number of ketones is 2. The van der Waals surface area contributed by atoms with Crippen LogP contribution in [-0.4, -0.2) is 23.3 Å². The molecule has 0 aliphatic heterocycles. The molecule has 0 bridgehead atoms. The second-order valence-electron chi connectivity index (χ2n) is 8.27. The lowest BCUT2D eigenvalue weighted by atomic mass is 9.97. The van der Waals surface area contributed by atoms with Gasteiger partial charge in [0, 0.05) is 17.9 Å². The summed E-state index contributed by atoms with van der Waals surface area (Å²) in [6.07, 6.45) is 12.6. The third-order valence-corrected chi connectivity index (χ3v) is 5.91. The molecule has 0 heterocycles. The van der Waals surface area contributed by atoms with Gasteiger partial charge in [0.25, 0.3) is 0 Å². The van der Waals surface area contributed by atoms with Crippen LogP contribution in [0.3, 0.4) is 0 Å². The monoisotopic (exact) mass is 484 g/mol. The number of benzene rings is 1. The molecular weight excluding hydrogens is 447 g/mol. The van der Waals surface area contributed by atoms with Crippen molar-refractivity contribution in [3.05, 3.63) is 39.6 Å². The lowest BCUT2D eigenvalue weighted by Crippen LogP contribution is -2.16. The second kappa shape index (κ2) is 17.0. The van der Waals surface area contributed by atoms with E-state index < -0.39 is 0 Å². The number of aliphatic hydroxyl groups excluding tert-OH is 1. The highest BCUT2D eigenvalue weighted by atomic mass is 35.5. The van der Waals surface area contributed by atoms with Crippen molar-refractivity contribution in [2.75, 3.05) is 6.61 Å². The van der Waals surface area contributed by atoms with Crippen molar-refractivity contribution in [3.8, 4) is 5.75 Å². The van der Waals surface area contributed by atoms with Crippen LogP contribution in [0.1, 0.15) is 97.3 Å². The molecule has 0 aliphatic rings. The zero-order valence-electron chi connectivity index (χ0n) is 19.6. The van der Waals surface area contributed by atoms with Crippen LogP contribution in [0.25, 0.3) is 0 Å². The lowest BCUT2D eigenvalue weighted by Gasteiger charge is -2.10. The number of ether oxygens (including phenoxy) is 1. The molecule has 0 fully saturated rings. The highest BCUT2D eigenvalue weighted by Gasteiger charge is 2.20. The van der Waals surface area contributed by atoms with Gasteiger partial charge in [0.1, 0.15) is 11.5 Å². The molecule has 6 heteroatoms. The Hall–Kier alpha value is -1.52. The second-order valence-corrected chi connectivity index (χ2v) is 9.11. The highest BCUT2D eigenvalue weighted by Crippen LogP contribution is 2.27. The van der Waals surface area contributed by atoms with Crippen molar-refractivity contribution in [1.82, 2.24) is 0 Å². The summed E-state index contributed by atoms with van der Waals surface area (Å²) < 4.78 is 5.58. The van der Waals surface area contributed by atoms with Crippen molar-refractivity contribution < 1.29 is 19.4 Å². The van der Waals surface area contributed by atoms with Crippen LogP contribution < -0.4 is 4.74 Å². The first-order valence-corrected chi connectivity index (χ1v) is 12.7. The van der Waals surface area contributed by atoms with Crippen LogP contribution in [0.4, 0.5) is 0 Å². The molecule has 0 saturated heterocycles. The van der Waals surface area contributed by atoms with Crippen LogP contribution in [0.15, 0.2) is 29.5 Å². The molecule has 0 saturated carbocycles. The number of allylic oxidation sites excluding steroid dienone is 2. The lowest BCUT2D eigenvalue weighted by molar-refractivity contribution is -0.122. The number of unbranched alkanes of at least 4 members (excludes halogenated alkanes) is 9. The molecule has 0 unspecified atom stereocenters. The largest absolute Gasteiger partial charge is 0.512 e. The average molecular weight is 485 g/mol. The van der Waals surface area contributed by atoms with Crippen LogP contribution in [0.2, 0.25) is 10.0 Å². The third kappa shape index (κ3) is 11.9. The fourth-order valence-electron chi connectivity index (χ4n) is 3.59. The number of carbonyl (C=O) groups excluding carboxylic acids is 2. The van der Waals surface area contributed by atoms with E-state index in [4.69, 9.17) is 27.9 Å². The van der Waals surface area contributed by atoms with Crippen molar-refractivity contribution in [3.63, 3.8) is 0 Å². The molecule has 1 N–H and O–H groups in total. The summed E-state index contributed by atoms with van der Waals surface area (Å²) in [6, 6.07) is 4.94. The van der Waals surface area contributed by atoms with Gasteiger partial charge in [-0.15, -0.1) is 0 Å². The van der Waals surface area contributed by atoms with Crippen LogP contribution >= 0.6 is 23.2 Å². The average Bonchev–Trinajstić information content (AvgIpc) is 2.73. The minimum atomic E-state index is -0.340. The summed E-state index contributed by atoms with van der Waals surface area (Å²) >= 11 is 11.9. The van der Waals surface area contributed by atoms with Crippen molar-refractivity contribution >= 4 is 34.8 Å². The maximum atomic E-state index is 12.5. The SMILES string of the molecule is CCCCCCCCCCCCC(=O)/C(C(=O)CCCOc1ccc(Cl)cc1Cl)=C(/C)O. The standard InChI is InChI=1S/C26H38Cl2O4/c1-3-4-5-6-7-8-9-10-11-12-14-23(30)26(20(2)29)24(31)15-13-18-32-25-17-16-21(27)19-22(25)28/h16-17,19,29H,3-15,18H2,1-2H3/b26-20+. The van der Waals surface area contributed by atoms with Gasteiger partial charge in [0.05, 0.1) is 17.2 Å². The van der Waals surface area contributed by atoms with Gasteiger partial charge in [-0.2, -0.15) is 0 Å². The zero-order chi connectivity index (χ0) is 23.8. The van der Waals surface area contributed by atoms with E-state index >= 15 is 0 Å². The Kier molecular flexibility index (Phi) is 15.2. The molecule has 0 aliphatic carbocycles. The molecule has 0 radical (unpaired) electrons. The number of hydrogen-bond acceptors (Lipinski definition) is 4. The van der Waals surface area contributed by atoms with E-state index in [1.54, 1.807) is 18.2 Å². The Balaban J connectivity index is 2.27. The van der Waals surface area contributed by atoms with Crippen molar-refractivity contribution in [2.24, 2.45) is 0 Å². The van der Waals surface area contributed by atoms with Crippen LogP contribution in [0.5, 0.6) is 5.75 Å². The first-order chi connectivity index (χ1) is 15.4. The number of hydrogen-bond donors (Lipinski definition) is 1. The predicted molar refractivity (Wildman–Crippen MR) is 133 cm³/mol. The quantitative estimate of drug-likeness (QED) is 0.0745. The minimum Gasteiger partial charge on any atom is -0.512 e. The molecule has 0 spiro atoms. The molecule has 1 rings (SSSR count). The molecule has 4 nitrogen and oxygen atoms in total. The molecular formula is C26H38Cl2O4. The Morgan fingerprint density at radius 2 is 1.38 bits per heavy atom. The Bertz CT molecular complexity index is 739. The minimum absolute atomic E-state index is 0.0644. The fraction of sp³-hybridized carbons (Fsp3) is 0.615. The van der Waals surface area contributed by atoms with E-state index in [-0.39, 0.29) is 35.9 Å². The van der Waals surface area contributed by atoms with E-state index in [1.807, 2.05) is 0 Å². The molecule has 180 valence electrons. The summed E-state index contributed by atoms with van der Waals surface area (Å²) in [5, 5.41) is 10.8. The molecule has 0 amide bonds. The summed E-state index contributed by atoms with van der Waals surface area (Å²) in [5.41, 5.74) is -0.0644. The van der Waals surface area contributed by atoms with E-state index in [9.17, 15) is 14.7 Å². The fourth-order valence-corrected chi connectivity index (χ4v) is 4.05. The summed E-state index contributed by atoms with van der Waals surface area (Å²) in [7, 11) is 0. The molecule has 0 atom stereocenters. The third-order valence-electron chi connectivity index (χ3n) is 5.38. The number of Topliss-reactive ketones (excluding diaryl/α,β-unsaturated/α-hetero) is 2. The van der Waals surface area contributed by atoms with Gasteiger partial charge in [-0.05, 0) is 38.0 Å². The van der Waals surface area contributed by atoms with Gasteiger partial charge in [-0.25, -0.2) is 0 Å². The first kappa shape index (κ1) is 28.5. The van der Waals surface area contributed by atoms with E-state index in [0.29, 0.717) is 28.6 Å². The van der Waals surface area contributed by atoms with E-state index in [0.717, 1.165) is 19.3 Å².